The number of aryl methyl sites for hydroxylation is 2. The fraction of sp³-hybridized carbons (Fsp3) is 0.143. The van der Waals surface area contributed by atoms with Crippen molar-refractivity contribution in [3.8, 4) is 0 Å². The van der Waals surface area contributed by atoms with Gasteiger partial charge in [-0.1, -0.05) is 17.2 Å². The van der Waals surface area contributed by atoms with Crippen molar-refractivity contribution in [2.45, 2.75) is 20.0 Å². The zero-order valence-corrected chi connectivity index (χ0v) is 15.6. The SMILES string of the molecule is Cc1cc(C)cc(C(=O)Nc2ccc(NC(=O)c3ccoc3)cc2C(F)(F)F)c1. The van der Waals surface area contributed by atoms with Gasteiger partial charge >= 0.3 is 6.18 Å². The molecule has 3 aromatic rings. The third-order valence-electron chi connectivity index (χ3n) is 4.10. The van der Waals surface area contributed by atoms with E-state index in [0.717, 1.165) is 23.3 Å². The van der Waals surface area contributed by atoms with Gasteiger partial charge < -0.3 is 15.1 Å². The second-order valence-electron chi connectivity index (χ2n) is 6.55. The highest BCUT2D eigenvalue weighted by Gasteiger charge is 2.34. The molecule has 0 fully saturated rings. The van der Waals surface area contributed by atoms with Gasteiger partial charge in [-0.05, 0) is 50.2 Å². The molecule has 8 heteroatoms. The normalized spacial score (nSPS) is 11.2. The van der Waals surface area contributed by atoms with E-state index in [1.807, 2.05) is 6.07 Å². The highest BCUT2D eigenvalue weighted by Crippen LogP contribution is 2.37. The number of benzene rings is 2. The molecule has 0 saturated heterocycles. The lowest BCUT2D eigenvalue weighted by Gasteiger charge is -2.16. The molecule has 5 nitrogen and oxygen atoms in total. The van der Waals surface area contributed by atoms with Gasteiger partial charge in [0.15, 0.2) is 0 Å². The molecule has 0 aliphatic heterocycles. The number of halogens is 3. The summed E-state index contributed by atoms with van der Waals surface area (Å²) in [6.07, 6.45) is -2.28. The molecule has 0 saturated carbocycles. The summed E-state index contributed by atoms with van der Waals surface area (Å²) >= 11 is 0. The third kappa shape index (κ3) is 4.84. The lowest BCUT2D eigenvalue weighted by molar-refractivity contribution is -0.136. The molecule has 29 heavy (non-hydrogen) atoms. The second-order valence-corrected chi connectivity index (χ2v) is 6.55. The Hall–Kier alpha value is -3.55. The van der Waals surface area contributed by atoms with Gasteiger partial charge in [-0.25, -0.2) is 0 Å². The molecule has 0 bridgehead atoms. The first-order chi connectivity index (χ1) is 13.6. The van der Waals surface area contributed by atoms with Crippen molar-refractivity contribution in [3.05, 3.63) is 82.8 Å². The second kappa shape index (κ2) is 7.83. The first kappa shape index (κ1) is 20.2. The van der Waals surface area contributed by atoms with Crippen molar-refractivity contribution >= 4 is 23.2 Å². The minimum Gasteiger partial charge on any atom is -0.472 e. The molecule has 0 atom stereocenters. The molecule has 1 aromatic heterocycles. The van der Waals surface area contributed by atoms with E-state index in [2.05, 4.69) is 10.6 Å². The Morgan fingerprint density at radius 3 is 2.10 bits per heavy atom. The largest absolute Gasteiger partial charge is 0.472 e. The first-order valence-corrected chi connectivity index (χ1v) is 8.58. The maximum Gasteiger partial charge on any atom is 0.418 e. The fourth-order valence-corrected chi connectivity index (χ4v) is 2.86. The highest BCUT2D eigenvalue weighted by molar-refractivity contribution is 6.06. The van der Waals surface area contributed by atoms with E-state index < -0.39 is 29.2 Å². The molecular formula is C21H17F3N2O3. The summed E-state index contributed by atoms with van der Waals surface area (Å²) in [6, 6.07) is 9.59. The lowest BCUT2D eigenvalue weighted by atomic mass is 10.1. The maximum atomic E-state index is 13.5. The van der Waals surface area contributed by atoms with Crippen LogP contribution in [0.3, 0.4) is 0 Å². The maximum absolute atomic E-state index is 13.5. The molecule has 0 unspecified atom stereocenters. The molecule has 1 heterocycles. The van der Waals surface area contributed by atoms with Crippen LogP contribution in [-0.4, -0.2) is 11.8 Å². The number of furan rings is 1. The first-order valence-electron chi connectivity index (χ1n) is 8.58. The smallest absolute Gasteiger partial charge is 0.418 e. The zero-order chi connectivity index (χ0) is 21.2. The molecule has 0 aliphatic carbocycles. The van der Waals surface area contributed by atoms with Crippen molar-refractivity contribution in [2.75, 3.05) is 10.6 Å². The van der Waals surface area contributed by atoms with Crippen LogP contribution >= 0.6 is 0 Å². The molecule has 0 aliphatic rings. The van der Waals surface area contributed by atoms with Crippen LogP contribution in [0.15, 0.2) is 59.4 Å². The van der Waals surface area contributed by atoms with Crippen molar-refractivity contribution in [2.24, 2.45) is 0 Å². The summed E-state index contributed by atoms with van der Waals surface area (Å²) in [5.41, 5.74) is 0.543. The van der Waals surface area contributed by atoms with Gasteiger partial charge in [-0.15, -0.1) is 0 Å². The molecular weight excluding hydrogens is 385 g/mol. The number of alkyl halides is 3. The van der Waals surface area contributed by atoms with Crippen LogP contribution in [0.2, 0.25) is 0 Å². The lowest BCUT2D eigenvalue weighted by Crippen LogP contribution is -2.18. The summed E-state index contributed by atoms with van der Waals surface area (Å²) < 4.78 is 45.4. The third-order valence-corrected chi connectivity index (χ3v) is 4.10. The Bertz CT molecular complexity index is 1040. The highest BCUT2D eigenvalue weighted by atomic mass is 19.4. The summed E-state index contributed by atoms with van der Waals surface area (Å²) in [5, 5.41) is 4.68. The Morgan fingerprint density at radius 1 is 0.862 bits per heavy atom. The number of hydrogen-bond acceptors (Lipinski definition) is 3. The van der Waals surface area contributed by atoms with Crippen molar-refractivity contribution in [3.63, 3.8) is 0 Å². The van der Waals surface area contributed by atoms with E-state index in [1.54, 1.807) is 26.0 Å². The Morgan fingerprint density at radius 2 is 1.52 bits per heavy atom. The van der Waals surface area contributed by atoms with Gasteiger partial charge in [0.25, 0.3) is 11.8 Å². The van der Waals surface area contributed by atoms with Gasteiger partial charge in [0.1, 0.15) is 6.26 Å². The predicted molar refractivity (Wildman–Crippen MR) is 102 cm³/mol. The van der Waals surface area contributed by atoms with Crippen LogP contribution in [-0.2, 0) is 6.18 Å². The van der Waals surface area contributed by atoms with Gasteiger partial charge in [-0.2, -0.15) is 13.2 Å². The summed E-state index contributed by atoms with van der Waals surface area (Å²) in [7, 11) is 0. The molecule has 2 amide bonds. The number of carbonyl (C=O) groups excluding carboxylic acids is 2. The summed E-state index contributed by atoms with van der Waals surface area (Å²) in [6.45, 7) is 3.59. The number of hydrogen-bond donors (Lipinski definition) is 2. The van der Waals surface area contributed by atoms with Crippen LogP contribution in [0, 0.1) is 13.8 Å². The predicted octanol–water partition coefficient (Wildman–Crippen LogP) is 5.42. The fourth-order valence-electron chi connectivity index (χ4n) is 2.86. The van der Waals surface area contributed by atoms with Crippen LogP contribution in [0.5, 0.6) is 0 Å². The van der Waals surface area contributed by atoms with E-state index in [-0.39, 0.29) is 16.8 Å². The van der Waals surface area contributed by atoms with Gasteiger partial charge in [-0.3, -0.25) is 9.59 Å². The van der Waals surface area contributed by atoms with Crippen molar-refractivity contribution in [1.82, 2.24) is 0 Å². The topological polar surface area (TPSA) is 71.3 Å². The number of amides is 2. The summed E-state index contributed by atoms with van der Waals surface area (Å²) in [4.78, 5) is 24.5. The van der Waals surface area contributed by atoms with E-state index in [4.69, 9.17) is 4.42 Å². The van der Waals surface area contributed by atoms with Crippen LogP contribution < -0.4 is 10.6 Å². The molecule has 2 aromatic carbocycles. The molecule has 0 spiro atoms. The quantitative estimate of drug-likeness (QED) is 0.612. The molecule has 3 rings (SSSR count). The minimum atomic E-state index is -4.73. The molecule has 2 N–H and O–H groups in total. The summed E-state index contributed by atoms with van der Waals surface area (Å²) in [5.74, 6) is -1.27. The Kier molecular flexibility index (Phi) is 5.45. The zero-order valence-electron chi connectivity index (χ0n) is 15.6. The van der Waals surface area contributed by atoms with E-state index >= 15 is 0 Å². The van der Waals surface area contributed by atoms with Crippen LogP contribution in [0.1, 0.15) is 37.4 Å². The standard InChI is InChI=1S/C21H17F3N2O3/c1-12-7-13(2)9-15(8-12)20(28)26-18-4-3-16(10-17(18)21(22,23)24)25-19(27)14-5-6-29-11-14/h3-11H,1-2H3,(H,25,27)(H,26,28). The van der Waals surface area contributed by atoms with E-state index in [1.165, 1.54) is 24.7 Å². The van der Waals surface area contributed by atoms with Crippen LogP contribution in [0.4, 0.5) is 24.5 Å². The number of anilines is 2. The molecule has 0 radical (unpaired) electrons. The Balaban J connectivity index is 1.88. The van der Waals surface area contributed by atoms with Gasteiger partial charge in [0.05, 0.1) is 23.1 Å². The van der Waals surface area contributed by atoms with Crippen molar-refractivity contribution < 1.29 is 27.2 Å². The van der Waals surface area contributed by atoms with Crippen LogP contribution in [0.25, 0.3) is 0 Å². The average Bonchev–Trinajstić information content (AvgIpc) is 3.16. The minimum absolute atomic E-state index is 0.0621. The average molecular weight is 402 g/mol. The monoisotopic (exact) mass is 402 g/mol. The van der Waals surface area contributed by atoms with Crippen molar-refractivity contribution in [1.29, 1.82) is 0 Å². The number of nitrogens with one attached hydrogen (secondary N) is 2. The molecule has 150 valence electrons. The number of carbonyl (C=O) groups is 2. The Labute approximate surface area is 164 Å². The van der Waals surface area contributed by atoms with Gasteiger partial charge in [0.2, 0.25) is 0 Å². The number of rotatable bonds is 4. The van der Waals surface area contributed by atoms with E-state index in [9.17, 15) is 22.8 Å². The van der Waals surface area contributed by atoms with Gasteiger partial charge in [0, 0.05) is 11.3 Å². The van der Waals surface area contributed by atoms with E-state index in [0.29, 0.717) is 0 Å².